The normalized spacial score (nSPS) is 11.9. The molecule has 0 saturated carbocycles. The van der Waals surface area contributed by atoms with E-state index in [-0.39, 0.29) is 6.42 Å². The third kappa shape index (κ3) is 5.63. The molecule has 0 aromatic heterocycles. The molecule has 0 N–H and O–H groups in total. The molecule has 0 spiro atoms. The Balaban J connectivity index is 3.78. The average molecular weight is 253 g/mol. The molecule has 0 bridgehead atoms. The molecule has 0 radical (unpaired) electrons. The van der Waals surface area contributed by atoms with E-state index in [0.29, 0.717) is 13.2 Å². The first kappa shape index (κ1) is 12.4. The molecule has 1 atom stereocenters. The molecule has 0 aromatic carbocycles. The van der Waals surface area contributed by atoms with Gasteiger partial charge < -0.3 is 9.47 Å². The maximum Gasteiger partial charge on any atom is 0.320 e. The summed E-state index contributed by atoms with van der Waals surface area (Å²) in [6.07, 6.45) is 0.00662. The molecule has 5 heteroatoms. The standard InChI is InChI=1S/C8H13BrO4/c1-3-12-7(10)5-6(9)8(11)13-4-2/h6H,3-5H2,1-2H3. The number of halogens is 1. The molecule has 1 unspecified atom stereocenters. The van der Waals surface area contributed by atoms with E-state index in [1.807, 2.05) is 0 Å². The molecule has 0 aliphatic carbocycles. The highest BCUT2D eigenvalue weighted by Crippen LogP contribution is 2.08. The number of carbonyl (C=O) groups is 2. The van der Waals surface area contributed by atoms with Crippen LogP contribution in [0.25, 0.3) is 0 Å². The second-order valence-electron chi connectivity index (χ2n) is 2.23. The minimum atomic E-state index is -0.605. The van der Waals surface area contributed by atoms with E-state index in [9.17, 15) is 9.59 Å². The molecule has 76 valence electrons. The molecular weight excluding hydrogens is 240 g/mol. The number of carbonyl (C=O) groups excluding carboxylic acids is 2. The van der Waals surface area contributed by atoms with Gasteiger partial charge in [0.25, 0.3) is 0 Å². The smallest absolute Gasteiger partial charge is 0.320 e. The maximum absolute atomic E-state index is 11.0. The van der Waals surface area contributed by atoms with Gasteiger partial charge in [0.2, 0.25) is 0 Å². The monoisotopic (exact) mass is 252 g/mol. The number of rotatable bonds is 5. The van der Waals surface area contributed by atoms with Gasteiger partial charge in [0.05, 0.1) is 19.6 Å². The van der Waals surface area contributed by atoms with Crippen molar-refractivity contribution in [3.8, 4) is 0 Å². The van der Waals surface area contributed by atoms with E-state index in [0.717, 1.165) is 0 Å². The van der Waals surface area contributed by atoms with Crippen molar-refractivity contribution < 1.29 is 19.1 Å². The van der Waals surface area contributed by atoms with Crippen LogP contribution < -0.4 is 0 Å². The quantitative estimate of drug-likeness (QED) is 0.546. The van der Waals surface area contributed by atoms with Gasteiger partial charge in [-0.3, -0.25) is 9.59 Å². The average Bonchev–Trinajstić information content (AvgIpc) is 2.05. The lowest BCUT2D eigenvalue weighted by Gasteiger charge is -2.07. The predicted molar refractivity (Wildman–Crippen MR) is 50.6 cm³/mol. The van der Waals surface area contributed by atoms with E-state index >= 15 is 0 Å². The lowest BCUT2D eigenvalue weighted by molar-refractivity contribution is -0.149. The third-order valence-electron chi connectivity index (χ3n) is 1.19. The van der Waals surface area contributed by atoms with Gasteiger partial charge in [0.1, 0.15) is 4.83 Å². The van der Waals surface area contributed by atoms with Crippen molar-refractivity contribution >= 4 is 27.9 Å². The van der Waals surface area contributed by atoms with Crippen LogP contribution in [0, 0.1) is 0 Å². The van der Waals surface area contributed by atoms with Gasteiger partial charge in [-0.1, -0.05) is 15.9 Å². The van der Waals surface area contributed by atoms with Crippen molar-refractivity contribution in [1.82, 2.24) is 0 Å². The van der Waals surface area contributed by atoms with Gasteiger partial charge in [-0.25, -0.2) is 0 Å². The Kier molecular flexibility index (Phi) is 6.58. The molecule has 0 amide bonds. The molecular formula is C8H13BrO4. The van der Waals surface area contributed by atoms with Crippen molar-refractivity contribution in [2.45, 2.75) is 25.1 Å². The fourth-order valence-corrected chi connectivity index (χ4v) is 1.08. The molecule has 0 rings (SSSR count). The van der Waals surface area contributed by atoms with E-state index in [1.54, 1.807) is 13.8 Å². The highest BCUT2D eigenvalue weighted by molar-refractivity contribution is 9.10. The minimum absolute atomic E-state index is 0.00662. The zero-order valence-electron chi connectivity index (χ0n) is 7.71. The van der Waals surface area contributed by atoms with Gasteiger partial charge in [0, 0.05) is 0 Å². The van der Waals surface area contributed by atoms with Crippen LogP contribution in [0.4, 0.5) is 0 Å². The van der Waals surface area contributed by atoms with E-state index in [4.69, 9.17) is 0 Å². The first-order valence-electron chi connectivity index (χ1n) is 4.08. The van der Waals surface area contributed by atoms with E-state index < -0.39 is 16.8 Å². The zero-order chi connectivity index (χ0) is 10.3. The van der Waals surface area contributed by atoms with Gasteiger partial charge in [-0.15, -0.1) is 0 Å². The van der Waals surface area contributed by atoms with Crippen LogP contribution in [-0.4, -0.2) is 30.0 Å². The van der Waals surface area contributed by atoms with E-state index in [1.165, 1.54) is 0 Å². The summed E-state index contributed by atoms with van der Waals surface area (Å²) < 4.78 is 9.35. The van der Waals surface area contributed by atoms with Crippen LogP contribution in [-0.2, 0) is 19.1 Å². The summed E-state index contributed by atoms with van der Waals surface area (Å²) in [5.74, 6) is -0.840. The van der Waals surface area contributed by atoms with Crippen LogP contribution in [0.5, 0.6) is 0 Å². The lowest BCUT2D eigenvalue weighted by Crippen LogP contribution is -2.21. The minimum Gasteiger partial charge on any atom is -0.466 e. The Hall–Kier alpha value is -0.580. The Morgan fingerprint density at radius 2 is 1.77 bits per heavy atom. The largest absolute Gasteiger partial charge is 0.466 e. The number of esters is 2. The van der Waals surface area contributed by atoms with Crippen LogP contribution in [0.2, 0.25) is 0 Å². The summed E-state index contributed by atoms with van der Waals surface area (Å²) in [6.45, 7) is 4.05. The molecule has 0 aromatic rings. The van der Waals surface area contributed by atoms with Gasteiger partial charge in [0.15, 0.2) is 0 Å². The van der Waals surface area contributed by atoms with Crippen LogP contribution >= 0.6 is 15.9 Å². The summed E-state index contributed by atoms with van der Waals surface area (Å²) in [6, 6.07) is 0. The molecule has 4 nitrogen and oxygen atoms in total. The summed E-state index contributed by atoms with van der Waals surface area (Å²) >= 11 is 3.04. The fourth-order valence-electron chi connectivity index (χ4n) is 0.682. The molecule has 0 saturated heterocycles. The topological polar surface area (TPSA) is 52.6 Å². The summed E-state index contributed by atoms with van der Waals surface area (Å²) in [4.78, 5) is 21.3. The van der Waals surface area contributed by atoms with Crippen molar-refractivity contribution in [1.29, 1.82) is 0 Å². The molecule has 0 aliphatic heterocycles. The SMILES string of the molecule is CCOC(=O)CC(Br)C(=O)OCC. The Bertz CT molecular complexity index is 181. The number of hydrogen-bond acceptors (Lipinski definition) is 4. The first-order valence-corrected chi connectivity index (χ1v) is 4.99. The number of ether oxygens (including phenoxy) is 2. The van der Waals surface area contributed by atoms with Crippen molar-refractivity contribution in [3.63, 3.8) is 0 Å². The zero-order valence-corrected chi connectivity index (χ0v) is 9.30. The van der Waals surface area contributed by atoms with Crippen LogP contribution in [0.15, 0.2) is 0 Å². The predicted octanol–water partition coefficient (Wildman–Crippen LogP) is 1.27. The van der Waals surface area contributed by atoms with Crippen molar-refractivity contribution in [2.24, 2.45) is 0 Å². The molecule has 13 heavy (non-hydrogen) atoms. The lowest BCUT2D eigenvalue weighted by atomic mass is 10.3. The maximum atomic E-state index is 11.0. The highest BCUT2D eigenvalue weighted by atomic mass is 79.9. The summed E-state index contributed by atoms with van der Waals surface area (Å²) in [5, 5.41) is 0. The van der Waals surface area contributed by atoms with Gasteiger partial charge in [-0.2, -0.15) is 0 Å². The highest BCUT2D eigenvalue weighted by Gasteiger charge is 2.20. The van der Waals surface area contributed by atoms with Gasteiger partial charge in [-0.05, 0) is 13.8 Å². The summed E-state index contributed by atoms with van der Waals surface area (Å²) in [5.41, 5.74) is 0. The van der Waals surface area contributed by atoms with E-state index in [2.05, 4.69) is 25.4 Å². The Morgan fingerprint density at radius 1 is 1.23 bits per heavy atom. The fraction of sp³-hybridized carbons (Fsp3) is 0.750. The second-order valence-corrected chi connectivity index (χ2v) is 3.33. The molecule has 0 fully saturated rings. The Morgan fingerprint density at radius 3 is 2.23 bits per heavy atom. The molecule has 0 heterocycles. The first-order chi connectivity index (χ1) is 6.11. The van der Waals surface area contributed by atoms with Gasteiger partial charge >= 0.3 is 11.9 Å². The molecule has 0 aliphatic rings. The third-order valence-corrected chi connectivity index (χ3v) is 1.89. The van der Waals surface area contributed by atoms with Crippen LogP contribution in [0.1, 0.15) is 20.3 Å². The van der Waals surface area contributed by atoms with Crippen molar-refractivity contribution in [3.05, 3.63) is 0 Å². The number of hydrogen-bond donors (Lipinski definition) is 0. The Labute approximate surface area is 85.7 Å². The number of alkyl halides is 1. The second kappa shape index (κ2) is 6.88. The van der Waals surface area contributed by atoms with Crippen molar-refractivity contribution in [2.75, 3.05) is 13.2 Å². The van der Waals surface area contributed by atoms with Crippen LogP contribution in [0.3, 0.4) is 0 Å². The summed E-state index contributed by atoms with van der Waals surface area (Å²) in [7, 11) is 0.